The molecule has 1 aliphatic heterocycles. The van der Waals surface area contributed by atoms with Crippen LogP contribution in [0.15, 0.2) is 36.4 Å². The monoisotopic (exact) mass is 342 g/mol. The fourth-order valence-corrected chi connectivity index (χ4v) is 4.32. The summed E-state index contributed by atoms with van der Waals surface area (Å²) < 4.78 is 16.2. The highest BCUT2D eigenvalue weighted by Crippen LogP contribution is 2.56. The second kappa shape index (κ2) is 4.84. The van der Waals surface area contributed by atoms with Crippen LogP contribution < -0.4 is 0 Å². The molecule has 1 aromatic carbocycles. The molecule has 4 atom stereocenters. The minimum Gasteiger partial charge on any atom is -0.275 e. The molecule has 6 nitrogen and oxygen atoms in total. The molecule has 1 saturated heterocycles. The van der Waals surface area contributed by atoms with Gasteiger partial charge in [-0.15, -0.1) is 0 Å². The van der Waals surface area contributed by atoms with E-state index in [9.17, 15) is 19.2 Å². The van der Waals surface area contributed by atoms with Crippen LogP contribution in [0.2, 0.25) is 0 Å². The summed E-state index contributed by atoms with van der Waals surface area (Å²) in [4.78, 5) is 50.4. The molecule has 7 heteroatoms. The molecule has 0 spiro atoms. The third kappa shape index (κ3) is 1.72. The summed E-state index contributed by atoms with van der Waals surface area (Å²) in [6, 6.07) is 4.71. The van der Waals surface area contributed by atoms with E-state index in [1.807, 2.05) is 0 Å². The Morgan fingerprint density at radius 3 is 2.28 bits per heavy atom. The van der Waals surface area contributed by atoms with Gasteiger partial charge in [-0.3, -0.25) is 19.3 Å². The van der Waals surface area contributed by atoms with Crippen molar-refractivity contribution in [2.45, 2.75) is 37.4 Å². The molecule has 1 fully saturated rings. The molecule has 25 heavy (non-hydrogen) atoms. The van der Waals surface area contributed by atoms with Crippen LogP contribution in [0.4, 0.5) is 9.18 Å². The van der Waals surface area contributed by atoms with E-state index in [4.69, 9.17) is 0 Å². The van der Waals surface area contributed by atoms with E-state index in [-0.39, 0.29) is 4.90 Å². The van der Waals surface area contributed by atoms with Gasteiger partial charge in [0.2, 0.25) is 17.5 Å². The number of hydrogen-bond donors (Lipinski definition) is 0. The van der Waals surface area contributed by atoms with Crippen molar-refractivity contribution in [1.29, 1.82) is 0 Å². The molecule has 5 amide bonds. The highest BCUT2D eigenvalue weighted by molar-refractivity contribution is 6.18. The summed E-state index contributed by atoms with van der Waals surface area (Å²) in [7, 11) is 0. The van der Waals surface area contributed by atoms with Crippen molar-refractivity contribution in [2.75, 3.05) is 0 Å². The van der Waals surface area contributed by atoms with Crippen LogP contribution in [0.3, 0.4) is 0 Å². The zero-order valence-electron chi connectivity index (χ0n) is 13.6. The van der Waals surface area contributed by atoms with Gasteiger partial charge >= 0.3 is 6.03 Å². The Kier molecular flexibility index (Phi) is 3.04. The lowest BCUT2D eigenvalue weighted by atomic mass is 9.59. The number of halogens is 1. The molecule has 4 aliphatic rings. The number of urea groups is 1. The number of imide groups is 4. The average Bonchev–Trinajstić information content (AvgIpc) is 2.56. The molecule has 0 aromatic heterocycles. The van der Waals surface area contributed by atoms with Gasteiger partial charge in [-0.2, -0.15) is 4.90 Å². The van der Waals surface area contributed by atoms with Crippen molar-refractivity contribution in [3.63, 3.8) is 0 Å². The quantitative estimate of drug-likeness (QED) is 0.675. The van der Waals surface area contributed by atoms with Crippen molar-refractivity contribution in [2.24, 2.45) is 0 Å². The van der Waals surface area contributed by atoms with Gasteiger partial charge in [-0.1, -0.05) is 36.4 Å². The maximum atomic E-state index is 16.2. The first-order valence-corrected chi connectivity index (χ1v) is 7.95. The van der Waals surface area contributed by atoms with Gasteiger partial charge in [0.1, 0.15) is 0 Å². The van der Waals surface area contributed by atoms with E-state index >= 15 is 4.39 Å². The highest BCUT2D eigenvalue weighted by Gasteiger charge is 2.69. The number of rotatable bonds is 0. The van der Waals surface area contributed by atoms with Gasteiger partial charge < -0.3 is 0 Å². The molecule has 0 N–H and O–H groups in total. The van der Waals surface area contributed by atoms with Crippen molar-refractivity contribution in [1.82, 2.24) is 9.80 Å². The first-order chi connectivity index (χ1) is 11.8. The van der Waals surface area contributed by atoms with E-state index in [0.717, 1.165) is 24.3 Å². The molecule has 128 valence electrons. The molecule has 0 radical (unpaired) electrons. The Balaban J connectivity index is 2.00. The minimum atomic E-state index is -2.56. The largest absolute Gasteiger partial charge is 0.340 e. The minimum absolute atomic E-state index is 0.245. The molecule has 1 aromatic rings. The van der Waals surface area contributed by atoms with Crippen molar-refractivity contribution < 1.29 is 23.6 Å². The molecule has 5 rings (SSSR count). The van der Waals surface area contributed by atoms with Crippen molar-refractivity contribution in [3.8, 4) is 0 Å². The summed E-state index contributed by atoms with van der Waals surface area (Å²) in [6.45, 7) is 2.13. The number of carbonyl (C=O) groups excluding carboxylic acids is 4. The smallest absolute Gasteiger partial charge is 0.275 e. The lowest BCUT2D eigenvalue weighted by molar-refractivity contribution is -0.163. The fourth-order valence-electron chi connectivity index (χ4n) is 4.32. The van der Waals surface area contributed by atoms with Crippen LogP contribution >= 0.6 is 0 Å². The van der Waals surface area contributed by atoms with E-state index in [2.05, 4.69) is 0 Å². The Hall–Kier alpha value is -2.83. The summed E-state index contributed by atoms with van der Waals surface area (Å²) in [6.07, 6.45) is 3.32. The van der Waals surface area contributed by atoms with Crippen LogP contribution in [0.5, 0.6) is 0 Å². The standard InChI is InChI=1S/C18H15FN2O4/c1-9(22)20-15-13-7-8-14(12-6-4-3-5-11(12)13)18(15,19)16(24)21(10(2)23)17(20)25/h3-8,13-15H,1-2H3/t13-,14+,15+,18+/m1/s1. The normalized spacial score (nSPS) is 32.5. The number of amides is 5. The summed E-state index contributed by atoms with van der Waals surface area (Å²) in [5.41, 5.74) is -1.13. The molecular weight excluding hydrogens is 327 g/mol. The topological polar surface area (TPSA) is 74.8 Å². The maximum absolute atomic E-state index is 16.2. The van der Waals surface area contributed by atoms with E-state index in [0.29, 0.717) is 5.56 Å². The zero-order chi connectivity index (χ0) is 18.1. The lowest BCUT2D eigenvalue weighted by Crippen LogP contribution is -2.75. The Bertz CT molecular complexity index is 880. The molecule has 1 heterocycles. The summed E-state index contributed by atoms with van der Waals surface area (Å²) >= 11 is 0. The Morgan fingerprint density at radius 1 is 1.04 bits per heavy atom. The van der Waals surface area contributed by atoms with Crippen molar-refractivity contribution >= 4 is 23.8 Å². The number of hydrogen-bond acceptors (Lipinski definition) is 4. The Labute approximate surface area is 142 Å². The van der Waals surface area contributed by atoms with Crippen LogP contribution in [0, 0.1) is 0 Å². The number of nitrogens with zero attached hydrogens (tertiary/aromatic N) is 2. The average molecular weight is 342 g/mol. The van der Waals surface area contributed by atoms with Gasteiger partial charge in [-0.25, -0.2) is 9.18 Å². The zero-order valence-corrected chi connectivity index (χ0v) is 13.6. The van der Waals surface area contributed by atoms with E-state index < -0.39 is 47.3 Å². The molecular formula is C18H15FN2O4. The fraction of sp³-hybridized carbons (Fsp3) is 0.333. The number of benzene rings is 1. The third-order valence-corrected chi connectivity index (χ3v) is 5.28. The van der Waals surface area contributed by atoms with E-state index in [1.165, 1.54) is 0 Å². The predicted octanol–water partition coefficient (Wildman–Crippen LogP) is 1.87. The molecule has 3 aliphatic carbocycles. The van der Waals surface area contributed by atoms with Gasteiger partial charge in [0.05, 0.1) is 6.04 Å². The lowest BCUT2D eigenvalue weighted by Gasteiger charge is -2.55. The van der Waals surface area contributed by atoms with Gasteiger partial charge in [0.15, 0.2) is 0 Å². The first-order valence-electron chi connectivity index (χ1n) is 7.95. The molecule has 0 saturated carbocycles. The van der Waals surface area contributed by atoms with Gasteiger partial charge in [-0.05, 0) is 11.1 Å². The van der Waals surface area contributed by atoms with Crippen LogP contribution in [-0.2, 0) is 14.4 Å². The Morgan fingerprint density at radius 2 is 1.68 bits per heavy atom. The third-order valence-electron chi connectivity index (χ3n) is 5.28. The van der Waals surface area contributed by atoms with Crippen LogP contribution in [-0.4, -0.2) is 45.3 Å². The predicted molar refractivity (Wildman–Crippen MR) is 84.1 cm³/mol. The molecule has 2 bridgehead atoms. The molecule has 0 unspecified atom stereocenters. The maximum Gasteiger partial charge on any atom is 0.340 e. The summed E-state index contributed by atoms with van der Waals surface area (Å²) in [5, 5.41) is 0. The van der Waals surface area contributed by atoms with E-state index in [1.54, 1.807) is 36.4 Å². The van der Waals surface area contributed by atoms with Crippen molar-refractivity contribution in [3.05, 3.63) is 47.5 Å². The van der Waals surface area contributed by atoms with Crippen LogP contribution in [0.25, 0.3) is 0 Å². The number of carbonyl (C=O) groups is 4. The van der Waals surface area contributed by atoms with Gasteiger partial charge in [0.25, 0.3) is 5.91 Å². The first kappa shape index (κ1) is 15.7. The summed E-state index contributed by atoms with van der Waals surface area (Å²) in [5.74, 6) is -4.38. The van der Waals surface area contributed by atoms with Crippen LogP contribution in [0.1, 0.15) is 36.8 Å². The second-order valence-electron chi connectivity index (χ2n) is 6.56. The van der Waals surface area contributed by atoms with Gasteiger partial charge in [0, 0.05) is 25.7 Å². The number of alkyl halides is 1. The highest BCUT2D eigenvalue weighted by atomic mass is 19.1. The SMILES string of the molecule is CC(=O)N1C(=O)N(C(C)=O)[C@H]2[C@@H]3C=C[C@@H](c4ccccc43)[C@@]2(F)C1=O. The second-order valence-corrected chi connectivity index (χ2v) is 6.56. The number of allylic oxidation sites excluding steroid dienone is 1.